The average Bonchev–Trinajstić information content (AvgIpc) is 1.99. The van der Waals surface area contributed by atoms with Crippen molar-refractivity contribution in [2.24, 2.45) is 5.92 Å². The van der Waals surface area contributed by atoms with E-state index in [-0.39, 0.29) is 12.5 Å². The summed E-state index contributed by atoms with van der Waals surface area (Å²) < 4.78 is 0. The van der Waals surface area contributed by atoms with Crippen LogP contribution in [0.3, 0.4) is 0 Å². The lowest BCUT2D eigenvalue weighted by Crippen LogP contribution is -2.35. The van der Waals surface area contributed by atoms with Gasteiger partial charge in [-0.3, -0.25) is 4.79 Å². The van der Waals surface area contributed by atoms with Crippen molar-refractivity contribution >= 4 is 5.97 Å². The van der Waals surface area contributed by atoms with Crippen LogP contribution in [-0.4, -0.2) is 35.9 Å². The van der Waals surface area contributed by atoms with Crippen LogP contribution >= 0.6 is 0 Å². The molecule has 0 saturated heterocycles. The number of carboxylic acid groups (broad SMARTS) is 1. The first-order valence-electron chi connectivity index (χ1n) is 3.62. The second kappa shape index (κ2) is 5.09. The van der Waals surface area contributed by atoms with Crippen LogP contribution in [0.5, 0.6) is 0 Å². The Morgan fingerprint density at radius 3 is 2.45 bits per heavy atom. The van der Waals surface area contributed by atoms with Crippen molar-refractivity contribution in [2.75, 3.05) is 13.7 Å². The molecule has 0 rings (SSSR count). The van der Waals surface area contributed by atoms with Gasteiger partial charge in [0, 0.05) is 6.61 Å². The fraction of sp³-hybridized carbons (Fsp3) is 0.857. The van der Waals surface area contributed by atoms with Crippen molar-refractivity contribution in [2.45, 2.75) is 19.4 Å². The predicted octanol–water partition coefficient (Wildman–Crippen LogP) is -0.323. The molecule has 4 nitrogen and oxygen atoms in total. The summed E-state index contributed by atoms with van der Waals surface area (Å²) >= 11 is 0. The molecule has 11 heavy (non-hydrogen) atoms. The summed E-state index contributed by atoms with van der Waals surface area (Å²) in [7, 11) is 1.60. The largest absolute Gasteiger partial charge is 0.480 e. The molecule has 0 aromatic rings. The van der Waals surface area contributed by atoms with Crippen molar-refractivity contribution in [3.8, 4) is 0 Å². The monoisotopic (exact) mass is 161 g/mol. The molecule has 0 aromatic heterocycles. The second-order valence-electron chi connectivity index (χ2n) is 2.70. The van der Waals surface area contributed by atoms with Crippen molar-refractivity contribution in [1.82, 2.24) is 5.32 Å². The summed E-state index contributed by atoms with van der Waals surface area (Å²) in [5.41, 5.74) is 0. The van der Waals surface area contributed by atoms with Crippen molar-refractivity contribution < 1.29 is 15.0 Å². The zero-order valence-corrected chi connectivity index (χ0v) is 6.87. The van der Waals surface area contributed by atoms with Crippen LogP contribution in [0.4, 0.5) is 0 Å². The maximum atomic E-state index is 10.4. The van der Waals surface area contributed by atoms with Gasteiger partial charge in [0.2, 0.25) is 0 Å². The van der Waals surface area contributed by atoms with E-state index in [1.165, 1.54) is 0 Å². The van der Waals surface area contributed by atoms with E-state index in [2.05, 4.69) is 5.32 Å². The number of rotatable bonds is 5. The SMILES string of the molecule is CNC(CC(C)CO)C(=O)O. The highest BCUT2D eigenvalue weighted by atomic mass is 16.4. The highest BCUT2D eigenvalue weighted by molar-refractivity contribution is 5.73. The Bertz CT molecular complexity index is 127. The first-order chi connectivity index (χ1) is 5.11. The van der Waals surface area contributed by atoms with Gasteiger partial charge in [-0.1, -0.05) is 6.92 Å². The standard InChI is InChI=1S/C7H15NO3/c1-5(4-9)3-6(8-2)7(10)11/h5-6,8-9H,3-4H2,1-2H3,(H,10,11). The third kappa shape index (κ3) is 3.95. The maximum absolute atomic E-state index is 10.4. The Morgan fingerprint density at radius 1 is 1.64 bits per heavy atom. The molecular weight excluding hydrogens is 146 g/mol. The number of carboxylic acids is 1. The Kier molecular flexibility index (Phi) is 4.81. The summed E-state index contributed by atoms with van der Waals surface area (Å²) in [6.07, 6.45) is 0.461. The van der Waals surface area contributed by atoms with E-state index in [9.17, 15) is 4.79 Å². The molecule has 66 valence electrons. The molecule has 0 radical (unpaired) electrons. The number of likely N-dealkylation sites (N-methyl/N-ethyl adjacent to an activating group) is 1. The minimum absolute atomic E-state index is 0.0311. The number of aliphatic carboxylic acids is 1. The Morgan fingerprint density at radius 2 is 2.18 bits per heavy atom. The van der Waals surface area contributed by atoms with Gasteiger partial charge in [-0.2, -0.15) is 0 Å². The number of hydrogen-bond donors (Lipinski definition) is 3. The molecule has 0 spiro atoms. The third-order valence-electron chi connectivity index (χ3n) is 1.60. The fourth-order valence-electron chi connectivity index (χ4n) is 0.819. The Balaban J connectivity index is 3.77. The molecule has 0 aliphatic heterocycles. The molecular formula is C7H15NO3. The van der Waals surface area contributed by atoms with Crippen molar-refractivity contribution in [3.63, 3.8) is 0 Å². The lowest BCUT2D eigenvalue weighted by molar-refractivity contribution is -0.139. The van der Waals surface area contributed by atoms with E-state index in [0.29, 0.717) is 6.42 Å². The highest BCUT2D eigenvalue weighted by Crippen LogP contribution is 2.04. The van der Waals surface area contributed by atoms with E-state index in [4.69, 9.17) is 10.2 Å². The molecule has 4 heteroatoms. The van der Waals surface area contributed by atoms with Gasteiger partial charge in [-0.25, -0.2) is 0 Å². The van der Waals surface area contributed by atoms with Gasteiger partial charge >= 0.3 is 5.97 Å². The Labute approximate surface area is 66.2 Å². The van der Waals surface area contributed by atoms with E-state index in [0.717, 1.165) is 0 Å². The lowest BCUT2D eigenvalue weighted by atomic mass is 10.0. The van der Waals surface area contributed by atoms with E-state index in [1.807, 2.05) is 6.92 Å². The minimum Gasteiger partial charge on any atom is -0.480 e. The molecule has 0 aliphatic carbocycles. The van der Waals surface area contributed by atoms with Gasteiger partial charge in [0.25, 0.3) is 0 Å². The number of hydrogen-bond acceptors (Lipinski definition) is 3. The summed E-state index contributed by atoms with van der Waals surface area (Å²) in [5.74, 6) is -0.837. The van der Waals surface area contributed by atoms with Crippen LogP contribution in [-0.2, 0) is 4.79 Å². The molecule has 0 bridgehead atoms. The molecule has 0 aliphatic rings. The maximum Gasteiger partial charge on any atom is 0.320 e. The molecule has 0 heterocycles. The van der Waals surface area contributed by atoms with Gasteiger partial charge in [-0.15, -0.1) is 0 Å². The van der Waals surface area contributed by atoms with Crippen LogP contribution in [0, 0.1) is 5.92 Å². The first-order valence-corrected chi connectivity index (χ1v) is 3.62. The zero-order valence-electron chi connectivity index (χ0n) is 6.87. The minimum atomic E-state index is -0.868. The molecule has 0 saturated carbocycles. The number of nitrogens with one attached hydrogen (secondary N) is 1. The zero-order chi connectivity index (χ0) is 8.85. The molecule has 0 amide bonds. The van der Waals surface area contributed by atoms with E-state index >= 15 is 0 Å². The van der Waals surface area contributed by atoms with Crippen molar-refractivity contribution in [3.05, 3.63) is 0 Å². The molecule has 0 fully saturated rings. The average molecular weight is 161 g/mol. The quantitative estimate of drug-likeness (QED) is 0.516. The van der Waals surface area contributed by atoms with Crippen LogP contribution in [0.25, 0.3) is 0 Å². The summed E-state index contributed by atoms with van der Waals surface area (Å²) in [6.45, 7) is 1.85. The number of aliphatic hydroxyl groups excluding tert-OH is 1. The van der Waals surface area contributed by atoms with Gasteiger partial charge in [0.1, 0.15) is 6.04 Å². The smallest absolute Gasteiger partial charge is 0.320 e. The highest BCUT2D eigenvalue weighted by Gasteiger charge is 2.17. The van der Waals surface area contributed by atoms with Gasteiger partial charge < -0.3 is 15.5 Å². The predicted molar refractivity (Wildman–Crippen MR) is 41.4 cm³/mol. The molecule has 0 aromatic carbocycles. The summed E-state index contributed by atoms with van der Waals surface area (Å²) in [4.78, 5) is 10.4. The van der Waals surface area contributed by atoms with Crippen LogP contribution in [0.2, 0.25) is 0 Å². The summed E-state index contributed by atoms with van der Waals surface area (Å²) in [5, 5.41) is 19.9. The van der Waals surface area contributed by atoms with Gasteiger partial charge in [0.05, 0.1) is 0 Å². The second-order valence-corrected chi connectivity index (χ2v) is 2.70. The lowest BCUT2D eigenvalue weighted by Gasteiger charge is -2.14. The van der Waals surface area contributed by atoms with Crippen LogP contribution in [0.1, 0.15) is 13.3 Å². The number of carbonyl (C=O) groups is 1. The van der Waals surface area contributed by atoms with Gasteiger partial charge in [-0.05, 0) is 19.4 Å². The third-order valence-corrected chi connectivity index (χ3v) is 1.60. The van der Waals surface area contributed by atoms with Gasteiger partial charge in [0.15, 0.2) is 0 Å². The van der Waals surface area contributed by atoms with Crippen molar-refractivity contribution in [1.29, 1.82) is 0 Å². The summed E-state index contributed by atoms with van der Waals surface area (Å²) in [6, 6.07) is -0.544. The van der Waals surface area contributed by atoms with Crippen LogP contribution < -0.4 is 5.32 Å². The van der Waals surface area contributed by atoms with E-state index in [1.54, 1.807) is 7.05 Å². The molecule has 2 unspecified atom stereocenters. The Hall–Kier alpha value is -0.610. The molecule has 2 atom stereocenters. The fourth-order valence-corrected chi connectivity index (χ4v) is 0.819. The topological polar surface area (TPSA) is 69.6 Å². The normalized spacial score (nSPS) is 15.9. The number of aliphatic hydroxyl groups is 1. The molecule has 3 N–H and O–H groups in total. The first kappa shape index (κ1) is 10.4. The van der Waals surface area contributed by atoms with E-state index < -0.39 is 12.0 Å². The van der Waals surface area contributed by atoms with Crippen LogP contribution in [0.15, 0.2) is 0 Å².